The normalized spacial score (nSPS) is 11.4. The van der Waals surface area contributed by atoms with E-state index in [2.05, 4.69) is 14.4 Å². The second-order valence-corrected chi connectivity index (χ2v) is 5.46. The standard InChI is InChI=1S/C12H12N2O4S/c1-18-12(15)8-14-19(16,17)11-6-2-5-10-9(11)4-3-7-13-10/h2-7,14H,8H2,1H3. The molecule has 0 fully saturated rings. The first kappa shape index (κ1) is 13.4. The highest BCUT2D eigenvalue weighted by Crippen LogP contribution is 2.20. The highest BCUT2D eigenvalue weighted by atomic mass is 32.2. The molecule has 0 amide bonds. The predicted octanol–water partition coefficient (Wildman–Crippen LogP) is 0.686. The Morgan fingerprint density at radius 1 is 1.32 bits per heavy atom. The number of benzene rings is 1. The molecular weight excluding hydrogens is 268 g/mol. The number of carbonyl (C=O) groups excluding carboxylic acids is 1. The summed E-state index contributed by atoms with van der Waals surface area (Å²) in [6, 6.07) is 8.09. The third kappa shape index (κ3) is 2.88. The number of rotatable bonds is 4. The van der Waals surface area contributed by atoms with Crippen molar-refractivity contribution in [1.82, 2.24) is 9.71 Å². The molecule has 1 aromatic heterocycles. The van der Waals surface area contributed by atoms with Crippen LogP contribution in [0.1, 0.15) is 0 Å². The Morgan fingerprint density at radius 2 is 2.11 bits per heavy atom. The van der Waals surface area contributed by atoms with Gasteiger partial charge in [0.1, 0.15) is 6.54 Å². The molecule has 0 aliphatic rings. The molecule has 0 bridgehead atoms. The minimum atomic E-state index is -3.78. The van der Waals surface area contributed by atoms with Crippen molar-refractivity contribution >= 4 is 26.9 Å². The van der Waals surface area contributed by atoms with Gasteiger partial charge in [0.05, 0.1) is 17.5 Å². The number of methoxy groups -OCH3 is 1. The van der Waals surface area contributed by atoms with Crippen molar-refractivity contribution in [3.05, 3.63) is 36.5 Å². The summed E-state index contributed by atoms with van der Waals surface area (Å²) in [6.45, 7) is -0.407. The average Bonchev–Trinajstić information content (AvgIpc) is 2.44. The first-order valence-electron chi connectivity index (χ1n) is 5.45. The van der Waals surface area contributed by atoms with Crippen molar-refractivity contribution in [2.24, 2.45) is 0 Å². The van der Waals surface area contributed by atoms with Crippen LogP contribution in [0.25, 0.3) is 10.9 Å². The summed E-state index contributed by atoms with van der Waals surface area (Å²) < 4.78 is 30.8. The molecule has 100 valence electrons. The fourth-order valence-electron chi connectivity index (χ4n) is 1.61. The van der Waals surface area contributed by atoms with Gasteiger partial charge in [0.15, 0.2) is 0 Å². The van der Waals surface area contributed by atoms with Gasteiger partial charge in [-0.3, -0.25) is 9.78 Å². The lowest BCUT2D eigenvalue weighted by Crippen LogP contribution is -2.30. The van der Waals surface area contributed by atoms with Gasteiger partial charge in [-0.2, -0.15) is 4.72 Å². The first-order chi connectivity index (χ1) is 9.04. The first-order valence-corrected chi connectivity index (χ1v) is 6.93. The van der Waals surface area contributed by atoms with Gasteiger partial charge in [-0.25, -0.2) is 8.42 Å². The van der Waals surface area contributed by atoms with E-state index < -0.39 is 22.5 Å². The van der Waals surface area contributed by atoms with Crippen LogP contribution in [0.2, 0.25) is 0 Å². The molecular formula is C12H12N2O4S. The molecule has 0 aliphatic heterocycles. The summed E-state index contributed by atoms with van der Waals surface area (Å²) in [7, 11) is -2.59. The van der Waals surface area contributed by atoms with Crippen LogP contribution in [-0.4, -0.2) is 33.0 Å². The Kier molecular flexibility index (Phi) is 3.77. The third-order valence-electron chi connectivity index (χ3n) is 2.53. The number of carbonyl (C=O) groups is 1. The van der Waals surface area contributed by atoms with E-state index in [0.29, 0.717) is 10.9 Å². The van der Waals surface area contributed by atoms with E-state index in [0.717, 1.165) is 0 Å². The lowest BCUT2D eigenvalue weighted by molar-refractivity contribution is -0.139. The van der Waals surface area contributed by atoms with Gasteiger partial charge in [0, 0.05) is 11.6 Å². The van der Waals surface area contributed by atoms with Crippen LogP contribution in [-0.2, 0) is 19.6 Å². The number of sulfonamides is 1. The van der Waals surface area contributed by atoms with Gasteiger partial charge >= 0.3 is 5.97 Å². The zero-order chi connectivity index (χ0) is 13.9. The molecule has 0 atom stereocenters. The monoisotopic (exact) mass is 280 g/mol. The minimum absolute atomic E-state index is 0.0852. The highest BCUT2D eigenvalue weighted by molar-refractivity contribution is 7.89. The number of pyridine rings is 1. The van der Waals surface area contributed by atoms with Crippen LogP contribution in [0.15, 0.2) is 41.4 Å². The topological polar surface area (TPSA) is 85.4 Å². The maximum atomic E-state index is 12.1. The third-order valence-corrected chi connectivity index (χ3v) is 3.99. The van der Waals surface area contributed by atoms with Crippen LogP contribution in [0, 0.1) is 0 Å². The summed E-state index contributed by atoms with van der Waals surface area (Å²) in [5.74, 6) is -0.651. The molecule has 0 saturated heterocycles. The van der Waals surface area contributed by atoms with Gasteiger partial charge in [-0.15, -0.1) is 0 Å². The van der Waals surface area contributed by atoms with E-state index in [-0.39, 0.29) is 4.90 Å². The number of nitrogens with one attached hydrogen (secondary N) is 1. The van der Waals surface area contributed by atoms with E-state index >= 15 is 0 Å². The molecule has 0 aliphatic carbocycles. The predicted molar refractivity (Wildman–Crippen MR) is 68.9 cm³/mol. The molecule has 19 heavy (non-hydrogen) atoms. The Hall–Kier alpha value is -1.99. The van der Waals surface area contributed by atoms with E-state index in [4.69, 9.17) is 0 Å². The summed E-state index contributed by atoms with van der Waals surface area (Å²) in [5, 5.41) is 0.502. The van der Waals surface area contributed by atoms with Crippen molar-refractivity contribution in [3.8, 4) is 0 Å². The Bertz CT molecular complexity index is 707. The fraction of sp³-hybridized carbons (Fsp3) is 0.167. The van der Waals surface area contributed by atoms with Crippen LogP contribution in [0.3, 0.4) is 0 Å². The van der Waals surface area contributed by atoms with E-state index in [9.17, 15) is 13.2 Å². The lowest BCUT2D eigenvalue weighted by atomic mass is 10.2. The molecule has 7 heteroatoms. The summed E-state index contributed by atoms with van der Waals surface area (Å²) >= 11 is 0. The zero-order valence-electron chi connectivity index (χ0n) is 10.2. The molecule has 1 heterocycles. The smallest absolute Gasteiger partial charge is 0.320 e. The number of ether oxygens (including phenoxy) is 1. The molecule has 6 nitrogen and oxygen atoms in total. The van der Waals surface area contributed by atoms with Gasteiger partial charge in [0.2, 0.25) is 10.0 Å². The maximum absolute atomic E-state index is 12.1. The molecule has 2 aromatic rings. The van der Waals surface area contributed by atoms with Crippen LogP contribution < -0.4 is 4.72 Å². The number of nitrogens with zero attached hydrogens (tertiary/aromatic N) is 1. The van der Waals surface area contributed by atoms with Crippen molar-refractivity contribution in [1.29, 1.82) is 0 Å². The summed E-state index contributed by atoms with van der Waals surface area (Å²) in [4.78, 5) is 15.2. The largest absolute Gasteiger partial charge is 0.468 e. The van der Waals surface area contributed by atoms with Crippen molar-refractivity contribution < 1.29 is 17.9 Å². The molecule has 2 rings (SSSR count). The second kappa shape index (κ2) is 5.33. The molecule has 0 radical (unpaired) electrons. The number of esters is 1. The number of hydrogen-bond donors (Lipinski definition) is 1. The van der Waals surface area contributed by atoms with Gasteiger partial charge in [0.25, 0.3) is 0 Å². The Balaban J connectivity index is 2.41. The molecule has 1 aromatic carbocycles. The summed E-state index contributed by atoms with van der Waals surface area (Å²) in [5.41, 5.74) is 0.573. The van der Waals surface area contributed by atoms with E-state index in [1.54, 1.807) is 30.5 Å². The summed E-state index contributed by atoms with van der Waals surface area (Å²) in [6.07, 6.45) is 1.58. The van der Waals surface area contributed by atoms with Crippen LogP contribution >= 0.6 is 0 Å². The molecule has 0 spiro atoms. The van der Waals surface area contributed by atoms with Crippen molar-refractivity contribution in [2.75, 3.05) is 13.7 Å². The van der Waals surface area contributed by atoms with E-state index in [1.807, 2.05) is 0 Å². The maximum Gasteiger partial charge on any atom is 0.320 e. The van der Waals surface area contributed by atoms with Gasteiger partial charge in [-0.05, 0) is 24.3 Å². The average molecular weight is 280 g/mol. The highest BCUT2D eigenvalue weighted by Gasteiger charge is 2.18. The van der Waals surface area contributed by atoms with Gasteiger partial charge < -0.3 is 4.74 Å². The second-order valence-electron chi connectivity index (χ2n) is 3.73. The molecule has 1 N–H and O–H groups in total. The van der Waals surface area contributed by atoms with Crippen LogP contribution in [0.4, 0.5) is 0 Å². The SMILES string of the molecule is COC(=O)CNS(=O)(=O)c1cccc2ncccc12. The van der Waals surface area contributed by atoms with Crippen molar-refractivity contribution in [3.63, 3.8) is 0 Å². The lowest BCUT2D eigenvalue weighted by Gasteiger charge is -2.08. The molecule has 0 unspecified atom stereocenters. The molecule has 0 saturated carbocycles. The Morgan fingerprint density at radius 3 is 2.84 bits per heavy atom. The quantitative estimate of drug-likeness (QED) is 0.833. The van der Waals surface area contributed by atoms with Gasteiger partial charge in [-0.1, -0.05) is 6.07 Å². The zero-order valence-corrected chi connectivity index (χ0v) is 11.0. The fourth-order valence-corrected chi connectivity index (χ4v) is 2.80. The van der Waals surface area contributed by atoms with Crippen molar-refractivity contribution in [2.45, 2.75) is 4.90 Å². The van der Waals surface area contributed by atoms with E-state index in [1.165, 1.54) is 13.2 Å². The number of fused-ring (bicyclic) bond motifs is 1. The number of hydrogen-bond acceptors (Lipinski definition) is 5. The minimum Gasteiger partial charge on any atom is -0.468 e. The van der Waals surface area contributed by atoms with Crippen LogP contribution in [0.5, 0.6) is 0 Å². The number of aromatic nitrogens is 1. The Labute approximate surface area is 110 Å².